The fourth-order valence-electron chi connectivity index (χ4n) is 7.55. The van der Waals surface area contributed by atoms with E-state index >= 15 is 0 Å². The summed E-state index contributed by atoms with van der Waals surface area (Å²) in [6.07, 6.45) is 73.9. The predicted molar refractivity (Wildman–Crippen MR) is 293 cm³/mol. The normalized spacial score (nSPS) is 12.8. The van der Waals surface area contributed by atoms with E-state index in [4.69, 9.17) is 14.2 Å². The number of carbonyl (C=O) groups is 3. The monoisotopic (exact) mass is 945 g/mol. The summed E-state index contributed by atoms with van der Waals surface area (Å²) < 4.78 is 16.8. The summed E-state index contributed by atoms with van der Waals surface area (Å²) in [5.74, 6) is -0.955. The predicted octanol–water partition coefficient (Wildman–Crippen LogP) is 18.9. The Labute approximate surface area is 419 Å². The van der Waals surface area contributed by atoms with E-state index in [-0.39, 0.29) is 31.1 Å². The van der Waals surface area contributed by atoms with Crippen molar-refractivity contribution in [3.63, 3.8) is 0 Å². The zero-order valence-corrected chi connectivity index (χ0v) is 44.3. The molecule has 0 aromatic rings. The number of carbonyl (C=O) groups excluding carboxylic acids is 3. The molecule has 1 unspecified atom stereocenters. The molecule has 6 heteroatoms. The van der Waals surface area contributed by atoms with Crippen LogP contribution < -0.4 is 0 Å². The number of hydrogen-bond donors (Lipinski definition) is 0. The molecule has 388 valence electrons. The van der Waals surface area contributed by atoms with Gasteiger partial charge in [0, 0.05) is 19.3 Å². The second-order valence-electron chi connectivity index (χ2n) is 18.5. The average molecular weight is 946 g/mol. The number of allylic oxidation sites excluding steroid dienone is 16. The standard InChI is InChI=1S/C62H104O6/c1-4-7-10-13-16-19-22-25-28-30-32-34-37-40-43-46-49-52-55-61(64)67-58-59(57-66-60(63)54-51-48-45-42-39-36-33-27-24-21-18-15-12-9-6-3)68-62(65)56-53-50-47-44-41-38-35-31-29-26-23-20-17-14-11-8-5-2/h9,12,17-22,26-30,33,39,42,59H,4-8,10-11,13-16,23-25,31-32,34-38,40-41,43-58H2,1-3H3/b12-9-,20-17-,21-18-,22-19-,29-26-,30-28-,33-27-,42-39-. The minimum absolute atomic E-state index is 0.0988. The third-order valence-electron chi connectivity index (χ3n) is 11.8. The Kier molecular flexibility index (Phi) is 52.9. The molecule has 0 rings (SSSR count). The van der Waals surface area contributed by atoms with Crippen LogP contribution in [0, 0.1) is 0 Å². The van der Waals surface area contributed by atoms with Crippen LogP contribution in [-0.2, 0) is 28.6 Å². The van der Waals surface area contributed by atoms with Gasteiger partial charge in [0.05, 0.1) is 0 Å². The van der Waals surface area contributed by atoms with Gasteiger partial charge in [-0.3, -0.25) is 14.4 Å². The molecule has 0 aromatic carbocycles. The molecule has 68 heavy (non-hydrogen) atoms. The van der Waals surface area contributed by atoms with E-state index in [9.17, 15) is 14.4 Å². The Balaban J connectivity index is 4.47. The minimum atomic E-state index is -0.803. The van der Waals surface area contributed by atoms with Crippen LogP contribution in [0.5, 0.6) is 0 Å². The van der Waals surface area contributed by atoms with Crippen LogP contribution in [-0.4, -0.2) is 37.2 Å². The average Bonchev–Trinajstić information content (AvgIpc) is 3.34. The van der Waals surface area contributed by atoms with Crippen molar-refractivity contribution in [3.8, 4) is 0 Å². The fourth-order valence-corrected chi connectivity index (χ4v) is 7.55. The van der Waals surface area contributed by atoms with Gasteiger partial charge in [-0.2, -0.15) is 0 Å². The zero-order valence-electron chi connectivity index (χ0n) is 44.3. The smallest absolute Gasteiger partial charge is 0.306 e. The lowest BCUT2D eigenvalue weighted by Crippen LogP contribution is -2.30. The van der Waals surface area contributed by atoms with Gasteiger partial charge in [-0.15, -0.1) is 0 Å². The van der Waals surface area contributed by atoms with E-state index < -0.39 is 6.10 Å². The molecule has 1 atom stereocenters. The Hall–Kier alpha value is -3.67. The Bertz CT molecular complexity index is 1360. The molecule has 6 nitrogen and oxygen atoms in total. The van der Waals surface area contributed by atoms with Crippen LogP contribution >= 0.6 is 0 Å². The van der Waals surface area contributed by atoms with Gasteiger partial charge in [0.15, 0.2) is 6.10 Å². The lowest BCUT2D eigenvalue weighted by Gasteiger charge is -2.18. The topological polar surface area (TPSA) is 78.9 Å². The molecule has 0 radical (unpaired) electrons. The van der Waals surface area contributed by atoms with E-state index in [0.29, 0.717) is 19.3 Å². The van der Waals surface area contributed by atoms with Crippen LogP contribution in [0.15, 0.2) is 97.2 Å². The van der Waals surface area contributed by atoms with Crippen LogP contribution in [0.25, 0.3) is 0 Å². The Morgan fingerprint density at radius 2 is 0.574 bits per heavy atom. The number of ether oxygens (including phenoxy) is 3. The molecule has 0 aromatic heterocycles. The first kappa shape index (κ1) is 64.3. The highest BCUT2D eigenvalue weighted by Crippen LogP contribution is 2.14. The number of hydrogen-bond acceptors (Lipinski definition) is 6. The van der Waals surface area contributed by atoms with Crippen molar-refractivity contribution < 1.29 is 28.6 Å². The van der Waals surface area contributed by atoms with Crippen molar-refractivity contribution in [3.05, 3.63) is 97.2 Å². The molecule has 0 aliphatic heterocycles. The van der Waals surface area contributed by atoms with Gasteiger partial charge in [0.25, 0.3) is 0 Å². The Morgan fingerprint density at radius 3 is 0.956 bits per heavy atom. The molecule has 0 spiro atoms. The second kappa shape index (κ2) is 55.9. The first-order valence-electron chi connectivity index (χ1n) is 28.2. The quantitative estimate of drug-likeness (QED) is 0.0262. The third-order valence-corrected chi connectivity index (χ3v) is 11.8. The van der Waals surface area contributed by atoms with Crippen molar-refractivity contribution >= 4 is 17.9 Å². The van der Waals surface area contributed by atoms with Crippen molar-refractivity contribution in [2.24, 2.45) is 0 Å². The molecule has 0 heterocycles. The maximum absolute atomic E-state index is 12.9. The number of unbranched alkanes of at least 4 members (excludes halogenated alkanes) is 23. The molecular weight excluding hydrogens is 841 g/mol. The van der Waals surface area contributed by atoms with Gasteiger partial charge in [0.2, 0.25) is 0 Å². The maximum atomic E-state index is 12.9. The molecule has 0 N–H and O–H groups in total. The third kappa shape index (κ3) is 53.3. The largest absolute Gasteiger partial charge is 0.462 e. The minimum Gasteiger partial charge on any atom is -0.462 e. The summed E-state index contributed by atoms with van der Waals surface area (Å²) >= 11 is 0. The van der Waals surface area contributed by atoms with Gasteiger partial charge in [-0.1, -0.05) is 214 Å². The van der Waals surface area contributed by atoms with Crippen molar-refractivity contribution in [1.29, 1.82) is 0 Å². The van der Waals surface area contributed by atoms with E-state index in [1.54, 1.807) is 0 Å². The van der Waals surface area contributed by atoms with Crippen LogP contribution in [0.3, 0.4) is 0 Å². The molecule has 0 amide bonds. The highest BCUT2D eigenvalue weighted by atomic mass is 16.6. The molecule has 0 aliphatic rings. The second-order valence-corrected chi connectivity index (χ2v) is 18.5. The van der Waals surface area contributed by atoms with Crippen molar-refractivity contribution in [2.45, 2.75) is 264 Å². The zero-order chi connectivity index (χ0) is 49.3. The van der Waals surface area contributed by atoms with E-state index in [2.05, 4.69) is 118 Å². The summed E-state index contributed by atoms with van der Waals surface area (Å²) in [5, 5.41) is 0. The summed E-state index contributed by atoms with van der Waals surface area (Å²) in [4.78, 5) is 38.1. The van der Waals surface area contributed by atoms with E-state index in [0.717, 1.165) is 109 Å². The summed E-state index contributed by atoms with van der Waals surface area (Å²) in [5.41, 5.74) is 0. The summed E-state index contributed by atoms with van der Waals surface area (Å²) in [7, 11) is 0. The number of esters is 3. The van der Waals surface area contributed by atoms with Crippen molar-refractivity contribution in [2.75, 3.05) is 13.2 Å². The lowest BCUT2D eigenvalue weighted by atomic mass is 10.1. The highest BCUT2D eigenvalue weighted by Gasteiger charge is 2.19. The van der Waals surface area contributed by atoms with Crippen molar-refractivity contribution in [1.82, 2.24) is 0 Å². The van der Waals surface area contributed by atoms with E-state index in [1.807, 2.05) is 0 Å². The maximum Gasteiger partial charge on any atom is 0.306 e. The molecule has 0 aliphatic carbocycles. The highest BCUT2D eigenvalue weighted by molar-refractivity contribution is 5.71. The molecular formula is C62H104O6. The molecule has 0 saturated carbocycles. The van der Waals surface area contributed by atoms with Gasteiger partial charge in [-0.25, -0.2) is 0 Å². The molecule has 0 fully saturated rings. The van der Waals surface area contributed by atoms with Gasteiger partial charge < -0.3 is 14.2 Å². The lowest BCUT2D eigenvalue weighted by molar-refractivity contribution is -0.167. The van der Waals surface area contributed by atoms with Crippen LogP contribution in [0.1, 0.15) is 258 Å². The first-order chi connectivity index (χ1) is 33.5. The number of rotatable bonds is 50. The van der Waals surface area contributed by atoms with Crippen LogP contribution in [0.2, 0.25) is 0 Å². The molecule has 0 saturated heterocycles. The Morgan fingerprint density at radius 1 is 0.309 bits per heavy atom. The van der Waals surface area contributed by atoms with Gasteiger partial charge in [0.1, 0.15) is 13.2 Å². The van der Waals surface area contributed by atoms with Gasteiger partial charge in [-0.05, 0) is 122 Å². The summed E-state index contributed by atoms with van der Waals surface area (Å²) in [6, 6.07) is 0. The van der Waals surface area contributed by atoms with Gasteiger partial charge >= 0.3 is 17.9 Å². The van der Waals surface area contributed by atoms with Crippen LogP contribution in [0.4, 0.5) is 0 Å². The van der Waals surface area contributed by atoms with E-state index in [1.165, 1.54) is 109 Å². The molecule has 0 bridgehead atoms. The summed E-state index contributed by atoms with van der Waals surface area (Å²) in [6.45, 7) is 6.44. The first-order valence-corrected chi connectivity index (χ1v) is 28.2. The fraction of sp³-hybridized carbons (Fsp3) is 0.694. The SMILES string of the molecule is CC/C=C\C/C=C\C/C=C\C/C=C\CCCCC(=O)OCC(COC(=O)CCCCCCCCC/C=C\C/C=C\CCCCCC)OC(=O)CCCCCCCCC/C=C\C/C=C\CCCCC.